The van der Waals surface area contributed by atoms with E-state index in [1.807, 2.05) is 47.5 Å². The second-order valence-electron chi connectivity index (χ2n) is 7.66. The van der Waals surface area contributed by atoms with Crippen LogP contribution in [0.2, 0.25) is 0 Å². The van der Waals surface area contributed by atoms with Gasteiger partial charge in [-0.3, -0.25) is 4.79 Å². The predicted molar refractivity (Wildman–Crippen MR) is 108 cm³/mol. The van der Waals surface area contributed by atoms with E-state index >= 15 is 0 Å². The first-order valence-electron chi connectivity index (χ1n) is 9.68. The molecule has 1 N–H and O–H groups in total. The molecule has 0 spiro atoms. The Morgan fingerprint density at radius 3 is 2.61 bits per heavy atom. The Morgan fingerprint density at radius 1 is 1.29 bits per heavy atom. The van der Waals surface area contributed by atoms with Crippen molar-refractivity contribution >= 4 is 17.6 Å². The molecule has 1 saturated heterocycles. The lowest BCUT2D eigenvalue weighted by atomic mass is 9.75. The van der Waals surface area contributed by atoms with Crippen molar-refractivity contribution in [1.29, 1.82) is 0 Å². The molecule has 0 aromatic heterocycles. The van der Waals surface area contributed by atoms with Crippen molar-refractivity contribution < 1.29 is 19.4 Å². The normalized spacial score (nSPS) is 24.6. The average Bonchev–Trinajstić information content (AvgIpc) is 2.69. The van der Waals surface area contributed by atoms with Gasteiger partial charge in [-0.15, -0.1) is 11.6 Å². The molecule has 5 nitrogen and oxygen atoms in total. The summed E-state index contributed by atoms with van der Waals surface area (Å²) in [5, 5.41) is 9.31. The number of hydrogen-bond acceptors (Lipinski definition) is 5. The van der Waals surface area contributed by atoms with E-state index in [1.54, 1.807) is 0 Å². The number of methoxy groups -OCH3 is 1. The fourth-order valence-corrected chi connectivity index (χ4v) is 4.11. The van der Waals surface area contributed by atoms with Crippen LogP contribution in [-0.4, -0.2) is 41.1 Å². The maximum Gasteiger partial charge on any atom is 0.316 e. The highest BCUT2D eigenvalue weighted by molar-refractivity contribution is 6.23. The summed E-state index contributed by atoms with van der Waals surface area (Å²) in [5.41, 5.74) is 1.81. The Kier molecular flexibility index (Phi) is 6.68. The summed E-state index contributed by atoms with van der Waals surface area (Å²) in [7, 11) is 1.40. The van der Waals surface area contributed by atoms with Gasteiger partial charge in [-0.25, -0.2) is 0 Å². The zero-order chi connectivity index (χ0) is 20.3. The second kappa shape index (κ2) is 9.01. The third-order valence-corrected chi connectivity index (χ3v) is 5.99. The van der Waals surface area contributed by atoms with Gasteiger partial charge in [0.2, 0.25) is 0 Å². The molecule has 4 unspecified atom stereocenters. The number of fused-ring (bicyclic) bond motifs is 1. The molecule has 0 saturated carbocycles. The molecule has 4 atom stereocenters. The lowest BCUT2D eigenvalue weighted by molar-refractivity contribution is -0.151. The van der Waals surface area contributed by atoms with Gasteiger partial charge in [0.15, 0.2) is 0 Å². The van der Waals surface area contributed by atoms with Gasteiger partial charge < -0.3 is 19.5 Å². The summed E-state index contributed by atoms with van der Waals surface area (Å²) in [4.78, 5) is 14.6. The molecule has 1 aromatic rings. The summed E-state index contributed by atoms with van der Waals surface area (Å²) < 4.78 is 11.1. The Bertz CT molecular complexity index is 746. The topological polar surface area (TPSA) is 59.0 Å². The number of esters is 1. The first-order chi connectivity index (χ1) is 13.5. The van der Waals surface area contributed by atoms with Gasteiger partial charge in [0.05, 0.1) is 18.8 Å². The number of carbonyl (C=O) groups is 1. The highest BCUT2D eigenvalue weighted by Gasteiger charge is 2.52. The fourth-order valence-electron chi connectivity index (χ4n) is 3.87. The van der Waals surface area contributed by atoms with Crippen molar-refractivity contribution in [3.05, 3.63) is 59.6 Å². The summed E-state index contributed by atoms with van der Waals surface area (Å²) in [6.45, 7) is 4.64. The van der Waals surface area contributed by atoms with Crippen LogP contribution >= 0.6 is 11.6 Å². The van der Waals surface area contributed by atoms with Crippen molar-refractivity contribution in [3.8, 4) is 0 Å². The lowest BCUT2D eigenvalue weighted by Gasteiger charge is -2.52. The van der Waals surface area contributed by atoms with E-state index in [2.05, 4.69) is 13.8 Å². The molecule has 1 fully saturated rings. The third kappa shape index (κ3) is 4.06. The van der Waals surface area contributed by atoms with Crippen molar-refractivity contribution in [1.82, 2.24) is 4.90 Å². The highest BCUT2D eigenvalue weighted by atomic mass is 35.5. The van der Waals surface area contributed by atoms with Crippen LogP contribution in [0.15, 0.2) is 54.1 Å². The molecule has 0 radical (unpaired) electrons. The second-order valence-corrected chi connectivity index (χ2v) is 8.14. The van der Waals surface area contributed by atoms with Gasteiger partial charge in [-0.05, 0) is 29.9 Å². The molecule has 0 amide bonds. The minimum Gasteiger partial charge on any atom is -0.489 e. The molecule has 0 aliphatic carbocycles. The highest BCUT2D eigenvalue weighted by Crippen LogP contribution is 2.47. The van der Waals surface area contributed by atoms with E-state index in [-0.39, 0.29) is 24.5 Å². The number of allylic oxidation sites excluding steroid dienone is 1. The number of benzene rings is 1. The first kappa shape index (κ1) is 20.7. The fraction of sp³-hybridized carbons (Fsp3) is 0.500. The number of carbonyl (C=O) groups excluding carboxylic acids is 1. The molecule has 3 rings (SSSR count). The van der Waals surface area contributed by atoms with Gasteiger partial charge in [0.25, 0.3) is 0 Å². The van der Waals surface area contributed by atoms with Crippen LogP contribution in [0.4, 0.5) is 0 Å². The van der Waals surface area contributed by atoms with E-state index in [0.717, 1.165) is 11.3 Å². The van der Waals surface area contributed by atoms with Crippen LogP contribution in [-0.2, 0) is 20.9 Å². The van der Waals surface area contributed by atoms with Gasteiger partial charge in [-0.2, -0.15) is 0 Å². The monoisotopic (exact) mass is 405 g/mol. The Balaban J connectivity index is 1.85. The van der Waals surface area contributed by atoms with Crippen molar-refractivity contribution in [2.75, 3.05) is 13.7 Å². The van der Waals surface area contributed by atoms with E-state index in [4.69, 9.17) is 21.1 Å². The molecular formula is C22H28ClNO4. The molecule has 6 heteroatoms. The zero-order valence-corrected chi connectivity index (χ0v) is 17.3. The number of alkyl halides is 1. The number of rotatable bonds is 8. The SMILES string of the molecule is COC(=O)C1C2=C(OCc3ccccc3)C(Cl)C=CN2C1CC(CO)C(C)C. The zero-order valence-electron chi connectivity index (χ0n) is 16.5. The Morgan fingerprint density at radius 2 is 2.00 bits per heavy atom. The molecule has 28 heavy (non-hydrogen) atoms. The molecule has 2 heterocycles. The van der Waals surface area contributed by atoms with Crippen molar-refractivity contribution in [2.45, 2.75) is 38.3 Å². The predicted octanol–water partition coefficient (Wildman–Crippen LogP) is 3.68. The van der Waals surface area contributed by atoms with E-state index in [1.165, 1.54) is 7.11 Å². The number of ether oxygens (including phenoxy) is 2. The summed E-state index contributed by atoms with van der Waals surface area (Å²) in [6, 6.07) is 9.77. The number of halogens is 1. The Hall–Kier alpha value is -1.98. The van der Waals surface area contributed by atoms with Gasteiger partial charge >= 0.3 is 5.97 Å². The number of hydrogen-bond donors (Lipinski definition) is 1. The third-order valence-electron chi connectivity index (χ3n) is 5.65. The lowest BCUT2D eigenvalue weighted by Crippen LogP contribution is -2.58. The van der Waals surface area contributed by atoms with Crippen LogP contribution < -0.4 is 0 Å². The largest absolute Gasteiger partial charge is 0.489 e. The van der Waals surface area contributed by atoms with Crippen molar-refractivity contribution in [2.24, 2.45) is 17.8 Å². The number of aliphatic hydroxyl groups is 1. The smallest absolute Gasteiger partial charge is 0.316 e. The molecular weight excluding hydrogens is 378 g/mol. The van der Waals surface area contributed by atoms with Gasteiger partial charge in [-0.1, -0.05) is 44.2 Å². The number of aliphatic hydroxyl groups excluding tert-OH is 1. The number of nitrogens with zero attached hydrogens (tertiary/aromatic N) is 1. The van der Waals surface area contributed by atoms with Crippen LogP contribution in [0.5, 0.6) is 0 Å². The van der Waals surface area contributed by atoms with Gasteiger partial charge in [0.1, 0.15) is 23.7 Å². The molecule has 2 aliphatic rings. The summed E-state index contributed by atoms with van der Waals surface area (Å²) in [6.07, 6.45) is 4.48. The molecule has 0 bridgehead atoms. The van der Waals surface area contributed by atoms with Crippen LogP contribution in [0.3, 0.4) is 0 Å². The summed E-state index contributed by atoms with van der Waals surface area (Å²) in [5.74, 6) is 0.297. The van der Waals surface area contributed by atoms with E-state index in [0.29, 0.717) is 24.7 Å². The molecule has 152 valence electrons. The van der Waals surface area contributed by atoms with Gasteiger partial charge in [0, 0.05) is 12.8 Å². The minimum atomic E-state index is -0.435. The molecule has 2 aliphatic heterocycles. The minimum absolute atomic E-state index is 0.0715. The standard InChI is InChI=1S/C22H28ClNO4/c1-14(2)16(12-25)11-18-19(22(26)27-3)20-21(17(23)9-10-24(18)20)28-13-15-7-5-4-6-8-15/h4-10,14,16-19,25H,11-13H2,1-3H3. The summed E-state index contributed by atoms with van der Waals surface area (Å²) >= 11 is 6.50. The van der Waals surface area contributed by atoms with E-state index in [9.17, 15) is 9.90 Å². The Labute approximate surface area is 171 Å². The van der Waals surface area contributed by atoms with Crippen LogP contribution in [0.1, 0.15) is 25.8 Å². The quantitative estimate of drug-likeness (QED) is 0.528. The maximum absolute atomic E-state index is 12.6. The van der Waals surface area contributed by atoms with Crippen LogP contribution in [0.25, 0.3) is 0 Å². The van der Waals surface area contributed by atoms with E-state index < -0.39 is 11.3 Å². The first-order valence-corrected chi connectivity index (χ1v) is 10.1. The van der Waals surface area contributed by atoms with Crippen LogP contribution in [0, 0.1) is 17.8 Å². The molecule has 1 aromatic carbocycles. The maximum atomic E-state index is 12.6. The van der Waals surface area contributed by atoms with Crippen molar-refractivity contribution in [3.63, 3.8) is 0 Å². The average molecular weight is 406 g/mol.